The molecule has 9 heteroatoms. The van der Waals surface area contributed by atoms with Crippen LogP contribution in [0.1, 0.15) is 0 Å². The average Bonchev–Trinajstić information content (AvgIpc) is 3.07. The summed E-state index contributed by atoms with van der Waals surface area (Å²) in [4.78, 5) is 16.1. The van der Waals surface area contributed by atoms with E-state index in [-0.39, 0.29) is 49.2 Å². The first-order chi connectivity index (χ1) is 21.5. The van der Waals surface area contributed by atoms with Crippen molar-refractivity contribution in [3.05, 3.63) is 146 Å². The zero-order valence-electron chi connectivity index (χ0n) is 23.9. The van der Waals surface area contributed by atoms with Gasteiger partial charge in [-0.3, -0.25) is 19.9 Å². The maximum atomic E-state index is 9.31. The Morgan fingerprint density at radius 1 is 0.289 bits per heavy atom. The Balaban J connectivity index is 0.000000136. The van der Waals surface area contributed by atoms with Crippen molar-refractivity contribution >= 4 is 43.6 Å². The first-order valence-corrected chi connectivity index (χ1v) is 13.6. The van der Waals surface area contributed by atoms with Crippen molar-refractivity contribution in [1.29, 1.82) is 0 Å². The van der Waals surface area contributed by atoms with Gasteiger partial charge in [-0.05, 0) is 48.5 Å². The van der Waals surface area contributed by atoms with E-state index < -0.39 is 0 Å². The third kappa shape index (κ3) is 8.37. The van der Waals surface area contributed by atoms with Gasteiger partial charge in [0.2, 0.25) is 0 Å². The number of rotatable bonds is 0. The van der Waals surface area contributed by atoms with Crippen molar-refractivity contribution in [2.75, 3.05) is 0 Å². The standard InChI is InChI=1S/4C9H7NO.Zr/c4*11-8-5-1-3-7-4-2-6-10-9(7)8;/h4*1-6,11H;/i;;;;1-2. The Morgan fingerprint density at radius 2 is 0.489 bits per heavy atom. The summed E-state index contributed by atoms with van der Waals surface area (Å²) in [6.45, 7) is 0. The Kier molecular flexibility index (Phi) is 11.5. The maximum absolute atomic E-state index is 9.31. The number of hydrogen-bond acceptors (Lipinski definition) is 8. The quantitative estimate of drug-likeness (QED) is 0.129. The molecule has 4 aromatic heterocycles. The van der Waals surface area contributed by atoms with Crippen molar-refractivity contribution in [2.24, 2.45) is 0 Å². The molecule has 0 radical (unpaired) electrons. The Morgan fingerprint density at radius 3 is 0.689 bits per heavy atom. The number of nitrogens with zero attached hydrogens (tertiary/aromatic N) is 4. The summed E-state index contributed by atoms with van der Waals surface area (Å²) in [6.07, 6.45) is 6.67. The molecule has 0 aliphatic rings. The molecule has 0 atom stereocenters. The number of pyridine rings is 4. The SMILES string of the molecule is Oc1cccc2cccnc12.Oc1cccc2cccnc12.Oc1cccc2cccnc12.Oc1cccc2cccnc12.[89Zr]. The number of hydrogen-bond donors (Lipinski definition) is 4. The largest absolute Gasteiger partial charge is 0.506 e. The summed E-state index contributed by atoms with van der Waals surface area (Å²) in [5.41, 5.74) is 2.65. The molecular formula is C36H28N4O4Zr. The second-order valence-electron chi connectivity index (χ2n) is 9.41. The molecule has 0 bridgehead atoms. The summed E-state index contributed by atoms with van der Waals surface area (Å²) in [5, 5.41) is 41.1. The van der Waals surface area contributed by atoms with Crippen LogP contribution in [0.15, 0.2) is 146 Å². The molecule has 220 valence electrons. The summed E-state index contributed by atoms with van der Waals surface area (Å²) in [7, 11) is 0. The van der Waals surface area contributed by atoms with Crippen LogP contribution in [-0.2, 0) is 26.2 Å². The normalized spacial score (nSPS) is 9.96. The van der Waals surface area contributed by atoms with Gasteiger partial charge in [-0.1, -0.05) is 72.8 Å². The number of aromatic hydroxyl groups is 4. The molecule has 8 rings (SSSR count). The molecule has 0 aliphatic heterocycles. The molecule has 8 aromatic rings. The summed E-state index contributed by atoms with van der Waals surface area (Å²) in [6, 6.07) is 36.5. The number of phenolic OH excluding ortho intramolecular Hbond substituents is 4. The fraction of sp³-hybridized carbons (Fsp3) is 0. The second-order valence-corrected chi connectivity index (χ2v) is 9.41. The van der Waals surface area contributed by atoms with E-state index in [0.29, 0.717) is 22.1 Å². The third-order valence-corrected chi connectivity index (χ3v) is 6.45. The molecule has 4 aromatic carbocycles. The van der Waals surface area contributed by atoms with Crippen molar-refractivity contribution < 1.29 is 46.6 Å². The fourth-order valence-electron chi connectivity index (χ4n) is 4.35. The van der Waals surface area contributed by atoms with Gasteiger partial charge >= 0.3 is 0 Å². The minimum Gasteiger partial charge on any atom is -0.506 e. The van der Waals surface area contributed by atoms with Crippen LogP contribution in [0.4, 0.5) is 0 Å². The number of phenols is 4. The van der Waals surface area contributed by atoms with Crippen LogP contribution in [0.5, 0.6) is 23.0 Å². The van der Waals surface area contributed by atoms with Gasteiger partial charge < -0.3 is 20.4 Å². The van der Waals surface area contributed by atoms with E-state index in [0.717, 1.165) is 21.5 Å². The van der Waals surface area contributed by atoms with Gasteiger partial charge in [0, 0.05) is 72.5 Å². The Labute approximate surface area is 278 Å². The Bertz CT molecular complexity index is 1830. The van der Waals surface area contributed by atoms with Gasteiger partial charge in [0.1, 0.15) is 45.1 Å². The zero-order chi connectivity index (χ0) is 30.7. The monoisotopic (exact) mass is 669 g/mol. The van der Waals surface area contributed by atoms with E-state index in [1.807, 2.05) is 72.8 Å². The van der Waals surface area contributed by atoms with Gasteiger partial charge in [-0.2, -0.15) is 0 Å². The van der Waals surface area contributed by atoms with E-state index in [1.165, 1.54) is 0 Å². The van der Waals surface area contributed by atoms with Gasteiger partial charge in [0.25, 0.3) is 0 Å². The number of fused-ring (bicyclic) bond motifs is 4. The van der Waals surface area contributed by atoms with Crippen molar-refractivity contribution in [2.45, 2.75) is 0 Å². The molecule has 0 spiro atoms. The molecule has 4 heterocycles. The van der Waals surface area contributed by atoms with Gasteiger partial charge in [0.15, 0.2) is 0 Å². The smallest absolute Gasteiger partial charge is 0.141 e. The molecule has 0 aliphatic carbocycles. The van der Waals surface area contributed by atoms with Crippen molar-refractivity contribution in [3.63, 3.8) is 0 Å². The van der Waals surface area contributed by atoms with Crippen LogP contribution in [-0.4, -0.2) is 40.4 Å². The van der Waals surface area contributed by atoms with E-state index in [2.05, 4.69) is 19.9 Å². The molecule has 0 amide bonds. The van der Waals surface area contributed by atoms with Crippen LogP contribution >= 0.6 is 0 Å². The average molecular weight is 670 g/mol. The molecule has 0 fully saturated rings. The number of aromatic nitrogens is 4. The minimum atomic E-state index is 0. The van der Waals surface area contributed by atoms with E-state index in [1.54, 1.807) is 73.3 Å². The van der Waals surface area contributed by atoms with Crippen LogP contribution in [0, 0.1) is 0 Å². The molecule has 4 N–H and O–H groups in total. The Hall–Kier alpha value is -5.40. The van der Waals surface area contributed by atoms with Crippen LogP contribution in [0.2, 0.25) is 0 Å². The van der Waals surface area contributed by atoms with Crippen LogP contribution < -0.4 is 0 Å². The van der Waals surface area contributed by atoms with Crippen molar-refractivity contribution in [3.8, 4) is 23.0 Å². The second kappa shape index (κ2) is 15.9. The predicted molar refractivity (Wildman–Crippen MR) is 174 cm³/mol. The zero-order valence-corrected chi connectivity index (χ0v) is 26.4. The van der Waals surface area contributed by atoms with E-state index in [4.69, 9.17) is 0 Å². The van der Waals surface area contributed by atoms with Gasteiger partial charge in [-0.25, -0.2) is 0 Å². The van der Waals surface area contributed by atoms with Crippen LogP contribution in [0.25, 0.3) is 43.6 Å². The molecule has 0 saturated heterocycles. The van der Waals surface area contributed by atoms with Crippen molar-refractivity contribution in [1.82, 2.24) is 19.9 Å². The summed E-state index contributed by atoms with van der Waals surface area (Å²) >= 11 is 0. The first-order valence-electron chi connectivity index (χ1n) is 13.6. The van der Waals surface area contributed by atoms with Gasteiger partial charge in [0.05, 0.1) is 0 Å². The van der Waals surface area contributed by atoms with Crippen LogP contribution in [0.3, 0.4) is 0 Å². The molecule has 8 nitrogen and oxygen atoms in total. The van der Waals surface area contributed by atoms with E-state index in [9.17, 15) is 20.4 Å². The van der Waals surface area contributed by atoms with Gasteiger partial charge in [-0.15, -0.1) is 0 Å². The minimum absolute atomic E-state index is 0. The molecular weight excluding hydrogens is 641 g/mol. The summed E-state index contributed by atoms with van der Waals surface area (Å²) < 4.78 is 0. The summed E-state index contributed by atoms with van der Waals surface area (Å²) in [5.74, 6) is 0.956. The maximum Gasteiger partial charge on any atom is 0.141 e. The number of para-hydroxylation sites is 4. The number of benzene rings is 4. The third-order valence-electron chi connectivity index (χ3n) is 6.45. The molecule has 0 unspecified atom stereocenters. The van der Waals surface area contributed by atoms with E-state index >= 15 is 0 Å². The molecule has 0 saturated carbocycles. The predicted octanol–water partition coefficient (Wildman–Crippen LogP) is 7.76. The molecule has 45 heavy (non-hydrogen) atoms. The fourth-order valence-corrected chi connectivity index (χ4v) is 4.35. The topological polar surface area (TPSA) is 132 Å². The first kappa shape index (κ1) is 32.5.